The molecule has 1 aromatic rings. The monoisotopic (exact) mass is 277 g/mol. The second-order valence-corrected chi connectivity index (χ2v) is 6.12. The summed E-state index contributed by atoms with van der Waals surface area (Å²) in [6.45, 7) is 11.8. The summed E-state index contributed by atoms with van der Waals surface area (Å²) in [4.78, 5) is 2.43. The fraction of sp³-hybridized carbons (Fsp3) is 0.562. The summed E-state index contributed by atoms with van der Waals surface area (Å²) in [5, 5.41) is 12.0. The van der Waals surface area contributed by atoms with Gasteiger partial charge in [0.05, 0.1) is 0 Å². The van der Waals surface area contributed by atoms with Gasteiger partial charge in [-0.05, 0) is 17.4 Å². The van der Waals surface area contributed by atoms with Crippen LogP contribution in [-0.2, 0) is 6.54 Å². The molecule has 0 amide bonds. The predicted octanol–water partition coefficient (Wildman–Crippen LogP) is 2.90. The van der Waals surface area contributed by atoms with E-state index in [-0.39, 0.29) is 5.84 Å². The summed E-state index contributed by atoms with van der Waals surface area (Å²) in [6.07, 6.45) is 0. The van der Waals surface area contributed by atoms with Crippen molar-refractivity contribution >= 4 is 5.84 Å². The molecule has 0 spiro atoms. The molecule has 0 unspecified atom stereocenters. The first kappa shape index (κ1) is 16.5. The lowest BCUT2D eigenvalue weighted by Crippen LogP contribution is -2.32. The van der Waals surface area contributed by atoms with Gasteiger partial charge < -0.3 is 10.9 Å². The van der Waals surface area contributed by atoms with Crippen LogP contribution in [0, 0.1) is 11.8 Å². The molecule has 0 saturated carbocycles. The SMILES string of the molecule is CC(C)CN(Cc1ccccc1/C(N)=N/O)CC(C)C. The first-order valence-electron chi connectivity index (χ1n) is 7.22. The number of nitrogens with two attached hydrogens (primary N) is 1. The van der Waals surface area contributed by atoms with Gasteiger partial charge in [-0.1, -0.05) is 57.1 Å². The van der Waals surface area contributed by atoms with Crippen LogP contribution in [0.2, 0.25) is 0 Å². The maximum Gasteiger partial charge on any atom is 0.170 e. The van der Waals surface area contributed by atoms with Crippen LogP contribution in [0.15, 0.2) is 29.4 Å². The van der Waals surface area contributed by atoms with Crippen molar-refractivity contribution < 1.29 is 5.21 Å². The third-order valence-electron chi connectivity index (χ3n) is 3.04. The van der Waals surface area contributed by atoms with Crippen molar-refractivity contribution in [2.45, 2.75) is 34.2 Å². The second kappa shape index (κ2) is 7.90. The minimum absolute atomic E-state index is 0.176. The molecule has 1 rings (SSSR count). The van der Waals surface area contributed by atoms with Gasteiger partial charge in [0.2, 0.25) is 0 Å². The molecule has 4 nitrogen and oxygen atoms in total. The third-order valence-corrected chi connectivity index (χ3v) is 3.04. The molecule has 1 aromatic carbocycles. The van der Waals surface area contributed by atoms with Crippen LogP contribution in [0.1, 0.15) is 38.8 Å². The van der Waals surface area contributed by atoms with Crippen molar-refractivity contribution in [3.63, 3.8) is 0 Å². The van der Waals surface area contributed by atoms with Crippen molar-refractivity contribution in [2.75, 3.05) is 13.1 Å². The van der Waals surface area contributed by atoms with Crippen molar-refractivity contribution in [2.24, 2.45) is 22.7 Å². The standard InChI is InChI=1S/C16H27N3O/c1-12(2)9-19(10-13(3)4)11-14-7-5-6-8-15(14)16(17)18-20/h5-8,12-13,20H,9-11H2,1-4H3,(H2,17,18). The summed E-state index contributed by atoms with van der Waals surface area (Å²) in [7, 11) is 0. The number of benzene rings is 1. The highest BCUT2D eigenvalue weighted by atomic mass is 16.4. The molecule has 0 aliphatic carbocycles. The molecule has 0 aromatic heterocycles. The van der Waals surface area contributed by atoms with Crippen LogP contribution in [0.4, 0.5) is 0 Å². The van der Waals surface area contributed by atoms with E-state index in [4.69, 9.17) is 10.9 Å². The lowest BCUT2D eigenvalue weighted by Gasteiger charge is -2.27. The molecule has 3 N–H and O–H groups in total. The Morgan fingerprint density at radius 2 is 1.70 bits per heavy atom. The summed E-state index contributed by atoms with van der Waals surface area (Å²) in [6, 6.07) is 7.84. The third kappa shape index (κ3) is 5.21. The molecule has 4 heteroatoms. The summed E-state index contributed by atoms with van der Waals surface area (Å²) >= 11 is 0. The highest BCUT2D eigenvalue weighted by Crippen LogP contribution is 2.14. The van der Waals surface area contributed by atoms with Gasteiger partial charge in [0.15, 0.2) is 5.84 Å². The number of rotatable bonds is 7. The van der Waals surface area contributed by atoms with E-state index in [1.807, 2.05) is 24.3 Å². The minimum Gasteiger partial charge on any atom is -0.409 e. The fourth-order valence-electron chi connectivity index (χ4n) is 2.44. The molecule has 112 valence electrons. The highest BCUT2D eigenvalue weighted by molar-refractivity contribution is 5.98. The topological polar surface area (TPSA) is 61.8 Å². The normalized spacial score (nSPS) is 12.7. The molecule has 0 fully saturated rings. The molecular weight excluding hydrogens is 250 g/mol. The fourth-order valence-corrected chi connectivity index (χ4v) is 2.44. The molecule has 0 heterocycles. The number of hydrogen-bond acceptors (Lipinski definition) is 3. The van der Waals surface area contributed by atoms with Crippen molar-refractivity contribution in [1.29, 1.82) is 0 Å². The Labute approximate surface area is 122 Å². The lowest BCUT2D eigenvalue weighted by molar-refractivity contribution is 0.211. The Morgan fingerprint density at radius 3 is 2.20 bits per heavy atom. The van der Waals surface area contributed by atoms with Gasteiger partial charge in [-0.15, -0.1) is 0 Å². The maximum absolute atomic E-state index is 8.89. The van der Waals surface area contributed by atoms with Gasteiger partial charge in [-0.2, -0.15) is 0 Å². The molecule has 0 atom stereocenters. The van der Waals surface area contributed by atoms with Crippen LogP contribution in [0.5, 0.6) is 0 Å². The van der Waals surface area contributed by atoms with E-state index in [0.29, 0.717) is 11.8 Å². The van der Waals surface area contributed by atoms with Crippen molar-refractivity contribution in [1.82, 2.24) is 4.90 Å². The Hall–Kier alpha value is -1.55. The van der Waals surface area contributed by atoms with E-state index in [1.165, 1.54) is 0 Å². The Morgan fingerprint density at radius 1 is 1.15 bits per heavy atom. The summed E-state index contributed by atoms with van der Waals surface area (Å²) in [5.74, 6) is 1.41. The van der Waals surface area contributed by atoms with Gasteiger partial charge in [0.1, 0.15) is 0 Å². The second-order valence-electron chi connectivity index (χ2n) is 6.12. The molecular formula is C16H27N3O. The lowest BCUT2D eigenvalue weighted by atomic mass is 10.0. The van der Waals surface area contributed by atoms with Crippen LogP contribution >= 0.6 is 0 Å². The van der Waals surface area contributed by atoms with Gasteiger partial charge in [0.25, 0.3) is 0 Å². The van der Waals surface area contributed by atoms with E-state index >= 15 is 0 Å². The summed E-state index contributed by atoms with van der Waals surface area (Å²) < 4.78 is 0. The molecule has 0 radical (unpaired) electrons. The van der Waals surface area contributed by atoms with Crippen LogP contribution < -0.4 is 5.73 Å². The smallest absolute Gasteiger partial charge is 0.170 e. The predicted molar refractivity (Wildman–Crippen MR) is 83.9 cm³/mol. The van der Waals surface area contributed by atoms with Crippen molar-refractivity contribution in [3.05, 3.63) is 35.4 Å². The first-order chi connectivity index (χ1) is 9.43. The number of hydrogen-bond donors (Lipinski definition) is 2. The van der Waals surface area contributed by atoms with Gasteiger partial charge in [0, 0.05) is 25.2 Å². The average molecular weight is 277 g/mol. The molecule has 0 aliphatic heterocycles. The van der Waals surface area contributed by atoms with Crippen molar-refractivity contribution in [3.8, 4) is 0 Å². The number of amidine groups is 1. The summed E-state index contributed by atoms with van der Waals surface area (Å²) in [5.41, 5.74) is 7.67. The molecule has 20 heavy (non-hydrogen) atoms. The van der Waals surface area contributed by atoms with E-state index < -0.39 is 0 Å². The molecule has 0 bridgehead atoms. The van der Waals surface area contributed by atoms with E-state index in [1.54, 1.807) is 0 Å². The van der Waals surface area contributed by atoms with Crippen LogP contribution in [0.25, 0.3) is 0 Å². The van der Waals surface area contributed by atoms with E-state index in [2.05, 4.69) is 37.8 Å². The van der Waals surface area contributed by atoms with Gasteiger partial charge >= 0.3 is 0 Å². The maximum atomic E-state index is 8.89. The van der Waals surface area contributed by atoms with E-state index in [9.17, 15) is 0 Å². The van der Waals surface area contributed by atoms with E-state index in [0.717, 1.165) is 30.8 Å². The molecule has 0 saturated heterocycles. The zero-order valence-electron chi connectivity index (χ0n) is 13.0. The molecule has 0 aliphatic rings. The van der Waals surface area contributed by atoms with Gasteiger partial charge in [-0.3, -0.25) is 4.90 Å². The Kier molecular flexibility index (Phi) is 6.52. The number of oxime groups is 1. The quantitative estimate of drug-likeness (QED) is 0.349. The minimum atomic E-state index is 0.176. The van der Waals surface area contributed by atoms with Crippen LogP contribution in [-0.4, -0.2) is 29.0 Å². The first-order valence-corrected chi connectivity index (χ1v) is 7.22. The van der Waals surface area contributed by atoms with Crippen LogP contribution in [0.3, 0.4) is 0 Å². The Balaban J connectivity index is 2.92. The van der Waals surface area contributed by atoms with Gasteiger partial charge in [-0.25, -0.2) is 0 Å². The Bertz CT molecular complexity index is 431. The zero-order valence-corrected chi connectivity index (χ0v) is 13.0. The highest BCUT2D eigenvalue weighted by Gasteiger charge is 2.13. The number of nitrogens with zero attached hydrogens (tertiary/aromatic N) is 2. The average Bonchev–Trinajstić information content (AvgIpc) is 2.37. The largest absolute Gasteiger partial charge is 0.409 e. The zero-order chi connectivity index (χ0) is 15.1.